The summed E-state index contributed by atoms with van der Waals surface area (Å²) in [6.45, 7) is 0. The van der Waals surface area contributed by atoms with Crippen LogP contribution in [0.25, 0.3) is 0 Å². The number of carbonyl (C=O) groups excluding carboxylic acids is 1. The molecular formula is C42H24BF24NO4S. The zero-order valence-electron chi connectivity index (χ0n) is 35.6. The molecule has 5 aromatic rings. The lowest BCUT2D eigenvalue weighted by Crippen LogP contribution is -2.75. The summed E-state index contributed by atoms with van der Waals surface area (Å²) in [6.07, 6.45) is -51.8. The number of non-ortho nitro benzene ring substituents is 1. The molecule has 0 saturated carbocycles. The van der Waals surface area contributed by atoms with Crippen LogP contribution in [0.5, 0.6) is 0 Å². The van der Waals surface area contributed by atoms with Crippen LogP contribution >= 0.6 is 0 Å². The highest BCUT2D eigenvalue weighted by molar-refractivity contribution is 8.02. The largest absolute Gasteiger partial charge is 0.416 e. The summed E-state index contributed by atoms with van der Waals surface area (Å²) < 4.78 is 352. The molecule has 0 aliphatic rings. The number of nitro benzene ring substituents is 1. The van der Waals surface area contributed by atoms with Crippen molar-refractivity contribution in [2.24, 2.45) is 0 Å². The van der Waals surface area contributed by atoms with Gasteiger partial charge in [0.2, 0.25) is 5.78 Å². The first-order valence-electron chi connectivity index (χ1n) is 19.1. The molecule has 0 aliphatic heterocycles. The van der Waals surface area contributed by atoms with Gasteiger partial charge in [-0.25, -0.2) is 0 Å². The van der Waals surface area contributed by atoms with Gasteiger partial charge in [0.05, 0.1) is 59.4 Å². The zero-order chi connectivity index (χ0) is 56.3. The highest BCUT2D eigenvalue weighted by atomic mass is 32.2. The van der Waals surface area contributed by atoms with Crippen LogP contribution in [0.2, 0.25) is 0 Å². The molecule has 0 aromatic heterocycles. The van der Waals surface area contributed by atoms with Crippen molar-refractivity contribution in [2.75, 3.05) is 18.3 Å². The Balaban J connectivity index is 0.000000613. The summed E-state index contributed by atoms with van der Waals surface area (Å²) >= 11 is 0. The van der Waals surface area contributed by atoms with Crippen molar-refractivity contribution in [1.82, 2.24) is 0 Å². The standard InChI is InChI=1S/C32H12BF24.C10H12NO4S/c34-25(35,36)13-1-14(26(37,38)39)6-21(5-13)33(22-7-15(27(40,41)42)2-16(8-22)28(43,44)45,23-9-17(29(46,47)48)3-18(10-23)30(49,50)51)24-11-19(31(52,53)54)4-20(12-24)32(55,56)57;1-16(2,15)7-10(12)8-3-5-9(6-4-8)11(13)14/h1-12H;3-6H,7H2,1-2H3/q-1;+1. The van der Waals surface area contributed by atoms with E-state index in [1.807, 2.05) is 0 Å². The molecule has 0 bridgehead atoms. The van der Waals surface area contributed by atoms with Crippen molar-refractivity contribution in [2.45, 2.75) is 49.4 Å². The van der Waals surface area contributed by atoms with E-state index in [0.717, 1.165) is 0 Å². The minimum Gasteiger partial charge on any atom is -0.289 e. The van der Waals surface area contributed by atoms with Gasteiger partial charge in [-0.1, -0.05) is 48.5 Å². The van der Waals surface area contributed by atoms with E-state index in [0.29, 0.717) is 5.56 Å². The molecule has 0 amide bonds. The maximum Gasteiger partial charge on any atom is 0.416 e. The SMILES string of the molecule is C[S+](C)(=O)CC(=O)c1ccc([N+](=O)[O-])cc1.FC(F)(F)c1cc([B-](c2cc(C(F)(F)F)cc(C(F)(F)F)c2)(c2cc(C(F)(F)F)cc(C(F)(F)F)c2)c2cc(C(F)(F)F)cc(C(F)(F)F)c2)cc(C(F)(F)F)c1. The van der Waals surface area contributed by atoms with Gasteiger partial charge in [-0.05, 0) is 36.4 Å². The maximum atomic E-state index is 14.2. The number of ketones is 1. The van der Waals surface area contributed by atoms with E-state index >= 15 is 0 Å². The average molecular weight is 1110 g/mol. The van der Waals surface area contributed by atoms with E-state index in [1.165, 1.54) is 36.8 Å². The average Bonchev–Trinajstić information content (AvgIpc) is 3.21. The molecule has 0 heterocycles. The van der Waals surface area contributed by atoms with Gasteiger partial charge in [-0.2, -0.15) is 127 Å². The summed E-state index contributed by atoms with van der Waals surface area (Å²) in [5.74, 6) is -0.296. The first kappa shape index (κ1) is 59.3. The molecule has 31 heteroatoms. The van der Waals surface area contributed by atoms with Gasteiger partial charge < -0.3 is 0 Å². The lowest BCUT2D eigenvalue weighted by atomic mass is 9.12. The van der Waals surface area contributed by atoms with Crippen LogP contribution in [0.3, 0.4) is 0 Å². The van der Waals surface area contributed by atoms with Crippen molar-refractivity contribution >= 4 is 49.4 Å². The van der Waals surface area contributed by atoms with E-state index < -0.39 is 210 Å². The molecule has 0 radical (unpaired) electrons. The minimum atomic E-state index is -6.13. The van der Waals surface area contributed by atoms with E-state index in [-0.39, 0.29) is 17.2 Å². The number of halogens is 24. The molecule has 0 unspecified atom stereocenters. The Morgan fingerprint density at radius 2 is 0.603 bits per heavy atom. The van der Waals surface area contributed by atoms with Gasteiger partial charge in [0.1, 0.15) is 18.7 Å². The molecule has 73 heavy (non-hydrogen) atoms. The summed E-state index contributed by atoms with van der Waals surface area (Å²) in [7, 11) is -2.13. The Morgan fingerprint density at radius 3 is 0.753 bits per heavy atom. The quantitative estimate of drug-likeness (QED) is 0.0387. The van der Waals surface area contributed by atoms with E-state index in [2.05, 4.69) is 0 Å². The molecule has 0 aliphatic carbocycles. The second-order valence-electron chi connectivity index (χ2n) is 16.0. The van der Waals surface area contributed by atoms with E-state index in [1.54, 1.807) is 0 Å². The minimum absolute atomic E-state index is 0.0369. The topological polar surface area (TPSA) is 77.3 Å². The second-order valence-corrected chi connectivity index (χ2v) is 19.2. The van der Waals surface area contributed by atoms with Gasteiger partial charge in [-0.3, -0.25) is 14.9 Å². The van der Waals surface area contributed by atoms with E-state index in [9.17, 15) is 124 Å². The number of benzene rings is 5. The van der Waals surface area contributed by atoms with Crippen molar-refractivity contribution < 1.29 is 119 Å². The Hall–Kier alpha value is -6.30. The zero-order valence-corrected chi connectivity index (χ0v) is 36.4. The Bertz CT molecular complexity index is 2480. The van der Waals surface area contributed by atoms with Crippen LogP contribution in [0.15, 0.2) is 97.1 Å². The highest BCUT2D eigenvalue weighted by Gasteiger charge is 2.47. The van der Waals surface area contributed by atoms with Crippen LogP contribution in [-0.2, 0) is 63.6 Å². The number of carbonyl (C=O) groups is 1. The highest BCUT2D eigenvalue weighted by Crippen LogP contribution is 2.41. The third kappa shape index (κ3) is 14.3. The molecule has 0 spiro atoms. The van der Waals surface area contributed by atoms with Crippen LogP contribution in [0.4, 0.5) is 111 Å². The first-order chi connectivity index (χ1) is 32.6. The molecule has 398 valence electrons. The Labute approximate surface area is 393 Å². The Kier molecular flexibility index (Phi) is 15.9. The molecule has 0 fully saturated rings. The monoisotopic (exact) mass is 1110 g/mol. The smallest absolute Gasteiger partial charge is 0.289 e. The van der Waals surface area contributed by atoms with Gasteiger partial charge in [-0.15, -0.1) is 4.21 Å². The maximum absolute atomic E-state index is 14.2. The molecule has 5 rings (SSSR count). The van der Waals surface area contributed by atoms with Crippen LogP contribution < -0.4 is 21.9 Å². The summed E-state index contributed by atoms with van der Waals surface area (Å²) in [5.41, 5.74) is -29.9. The number of Topliss-reactive ketones (excluding diaryl/α,β-unsaturated/α-hetero) is 1. The lowest BCUT2D eigenvalue weighted by Gasteiger charge is -2.46. The molecular weight excluding hydrogens is 1080 g/mol. The van der Waals surface area contributed by atoms with Crippen molar-refractivity contribution in [3.05, 3.63) is 157 Å². The summed E-state index contributed by atoms with van der Waals surface area (Å²) in [6, 6.07) is -3.52. The number of hydrogen-bond acceptors (Lipinski definition) is 4. The van der Waals surface area contributed by atoms with Gasteiger partial charge in [0, 0.05) is 17.7 Å². The van der Waals surface area contributed by atoms with Crippen LogP contribution in [0, 0.1) is 10.1 Å². The number of rotatable bonds is 8. The fraction of sp³-hybridized carbons (Fsp3) is 0.262. The number of nitrogens with zero attached hydrogens (tertiary/aromatic N) is 1. The van der Waals surface area contributed by atoms with Gasteiger partial charge in [0.15, 0.2) is 5.75 Å². The summed E-state index contributed by atoms with van der Waals surface area (Å²) in [4.78, 5) is 21.4. The fourth-order valence-corrected chi connectivity index (χ4v) is 8.04. The second kappa shape index (κ2) is 19.5. The molecule has 0 N–H and O–H groups in total. The predicted molar refractivity (Wildman–Crippen MR) is 212 cm³/mol. The number of hydrogen-bond donors (Lipinski definition) is 0. The number of nitro groups is 1. The van der Waals surface area contributed by atoms with Gasteiger partial charge in [0.25, 0.3) is 5.69 Å². The molecule has 0 saturated heterocycles. The molecule has 5 aromatic carbocycles. The van der Waals surface area contributed by atoms with Crippen molar-refractivity contribution in [3.63, 3.8) is 0 Å². The normalized spacial score (nSPS) is 13.6. The van der Waals surface area contributed by atoms with Crippen LogP contribution in [-0.4, -0.2) is 35.1 Å². The first-order valence-corrected chi connectivity index (χ1v) is 21.7. The summed E-state index contributed by atoms with van der Waals surface area (Å²) in [5, 5.41) is 10.4. The van der Waals surface area contributed by atoms with E-state index in [4.69, 9.17) is 0 Å². The number of alkyl halides is 24. The van der Waals surface area contributed by atoms with Gasteiger partial charge >= 0.3 is 49.4 Å². The third-order valence-corrected chi connectivity index (χ3v) is 11.3. The molecule has 5 nitrogen and oxygen atoms in total. The third-order valence-electron chi connectivity index (χ3n) is 10.3. The molecule has 0 atom stereocenters. The van der Waals surface area contributed by atoms with Crippen molar-refractivity contribution in [3.8, 4) is 0 Å². The van der Waals surface area contributed by atoms with Crippen LogP contribution in [0.1, 0.15) is 54.9 Å². The van der Waals surface area contributed by atoms with Crippen molar-refractivity contribution in [1.29, 1.82) is 0 Å². The Morgan fingerprint density at radius 1 is 0.411 bits per heavy atom. The lowest BCUT2D eigenvalue weighted by molar-refractivity contribution is -0.384. The predicted octanol–water partition coefficient (Wildman–Crippen LogP) is 12.8. The fourth-order valence-electron chi connectivity index (χ4n) is 7.24.